The van der Waals surface area contributed by atoms with E-state index in [9.17, 15) is 9.59 Å². The molecule has 8 heteroatoms. The molecule has 2 aromatic heterocycles. The summed E-state index contributed by atoms with van der Waals surface area (Å²) in [5.74, 6) is 1.34. The normalized spacial score (nSPS) is 13.7. The van der Waals surface area contributed by atoms with E-state index in [1.54, 1.807) is 25.3 Å². The predicted molar refractivity (Wildman–Crippen MR) is 95.6 cm³/mol. The maximum atomic E-state index is 12.5. The quantitative estimate of drug-likeness (QED) is 0.711. The second-order valence-corrected chi connectivity index (χ2v) is 6.32. The van der Waals surface area contributed by atoms with Gasteiger partial charge in [0.15, 0.2) is 5.65 Å². The van der Waals surface area contributed by atoms with Crippen LogP contribution in [-0.4, -0.2) is 50.2 Å². The van der Waals surface area contributed by atoms with E-state index in [0.717, 1.165) is 22.3 Å². The molecule has 0 atom stereocenters. The monoisotopic (exact) mass is 353 g/mol. The van der Waals surface area contributed by atoms with E-state index in [-0.39, 0.29) is 6.03 Å². The lowest BCUT2D eigenvalue weighted by molar-refractivity contribution is 0.169. The van der Waals surface area contributed by atoms with Crippen LogP contribution >= 0.6 is 0 Å². The van der Waals surface area contributed by atoms with E-state index >= 15 is 0 Å². The lowest BCUT2D eigenvalue weighted by Crippen LogP contribution is -2.47. The molecule has 0 N–H and O–H groups in total. The summed E-state index contributed by atoms with van der Waals surface area (Å²) in [4.78, 5) is 35.6. The fraction of sp³-hybridized carbons (Fsp3) is 0.333. The Morgan fingerprint density at radius 3 is 2.81 bits per heavy atom. The molecule has 1 aliphatic heterocycles. The predicted octanol–water partition coefficient (Wildman–Crippen LogP) is 1.40. The van der Waals surface area contributed by atoms with Crippen LogP contribution in [0.25, 0.3) is 11.2 Å². The molecular weight excluding hydrogens is 334 g/mol. The SMILES string of the molecule is COc1cccc(Cc2ncc3c(n2)n(C)c(=O)n3C(=O)N2CCC2)c1. The number of ether oxygens (including phenoxy) is 1. The summed E-state index contributed by atoms with van der Waals surface area (Å²) in [6.07, 6.45) is 3.02. The molecule has 1 aliphatic rings. The Hall–Kier alpha value is -3.16. The van der Waals surface area contributed by atoms with Gasteiger partial charge in [-0.2, -0.15) is 0 Å². The third-order valence-corrected chi connectivity index (χ3v) is 4.65. The largest absolute Gasteiger partial charge is 0.497 e. The Kier molecular flexibility index (Phi) is 3.95. The number of carbonyl (C=O) groups excluding carboxylic acids is 1. The Morgan fingerprint density at radius 2 is 2.12 bits per heavy atom. The number of amides is 1. The first-order valence-electron chi connectivity index (χ1n) is 8.44. The lowest BCUT2D eigenvalue weighted by atomic mass is 10.1. The van der Waals surface area contributed by atoms with Crippen LogP contribution in [0.1, 0.15) is 17.8 Å². The number of likely N-dealkylation sites (tertiary alicyclic amines) is 1. The zero-order chi connectivity index (χ0) is 18.3. The second-order valence-electron chi connectivity index (χ2n) is 6.32. The Bertz CT molecular complexity index is 1050. The highest BCUT2D eigenvalue weighted by molar-refractivity contribution is 5.87. The molecule has 0 spiro atoms. The topological polar surface area (TPSA) is 82.2 Å². The van der Waals surface area contributed by atoms with Gasteiger partial charge in [-0.1, -0.05) is 12.1 Å². The van der Waals surface area contributed by atoms with E-state index in [1.165, 1.54) is 4.57 Å². The Morgan fingerprint density at radius 1 is 1.31 bits per heavy atom. The minimum Gasteiger partial charge on any atom is -0.497 e. The van der Waals surface area contributed by atoms with Gasteiger partial charge in [-0.3, -0.25) is 4.57 Å². The fourth-order valence-corrected chi connectivity index (χ4v) is 3.03. The number of hydrogen-bond donors (Lipinski definition) is 0. The van der Waals surface area contributed by atoms with Crippen molar-refractivity contribution in [2.24, 2.45) is 7.05 Å². The van der Waals surface area contributed by atoms with Crippen LogP contribution in [0.2, 0.25) is 0 Å². The van der Waals surface area contributed by atoms with Crippen LogP contribution in [0.15, 0.2) is 35.3 Å². The number of imidazole rings is 1. The number of hydrogen-bond acceptors (Lipinski definition) is 5. The molecule has 26 heavy (non-hydrogen) atoms. The van der Waals surface area contributed by atoms with Crippen molar-refractivity contribution >= 4 is 17.2 Å². The van der Waals surface area contributed by atoms with Gasteiger partial charge in [0.1, 0.15) is 17.1 Å². The number of benzene rings is 1. The highest BCUT2D eigenvalue weighted by Gasteiger charge is 2.26. The summed E-state index contributed by atoms with van der Waals surface area (Å²) in [5, 5.41) is 0. The van der Waals surface area contributed by atoms with Crippen LogP contribution in [0.5, 0.6) is 5.75 Å². The third-order valence-electron chi connectivity index (χ3n) is 4.65. The molecule has 0 unspecified atom stereocenters. The summed E-state index contributed by atoms with van der Waals surface area (Å²) in [7, 11) is 3.24. The van der Waals surface area contributed by atoms with E-state index in [4.69, 9.17) is 4.74 Å². The Balaban J connectivity index is 1.72. The second kappa shape index (κ2) is 6.29. The molecule has 3 heterocycles. The molecule has 0 radical (unpaired) electrons. The number of methoxy groups -OCH3 is 1. The van der Waals surface area contributed by atoms with Crippen molar-refractivity contribution in [2.75, 3.05) is 20.2 Å². The number of nitrogens with zero attached hydrogens (tertiary/aromatic N) is 5. The number of aromatic nitrogens is 4. The summed E-state index contributed by atoms with van der Waals surface area (Å²) in [6, 6.07) is 7.36. The van der Waals surface area contributed by atoms with E-state index in [0.29, 0.717) is 36.5 Å². The van der Waals surface area contributed by atoms with Crippen LogP contribution in [0.4, 0.5) is 4.79 Å². The van der Waals surface area contributed by atoms with Gasteiger partial charge in [-0.25, -0.2) is 24.1 Å². The zero-order valence-corrected chi connectivity index (χ0v) is 14.7. The standard InChI is InChI=1S/C18H19N5O3/c1-21-16-14(23(17(21)24)18(25)22-7-4-8-22)11-19-15(20-16)10-12-5-3-6-13(9-12)26-2/h3,5-6,9,11H,4,7-8,10H2,1-2H3. The smallest absolute Gasteiger partial charge is 0.338 e. The molecule has 0 bridgehead atoms. The van der Waals surface area contributed by atoms with Gasteiger partial charge < -0.3 is 9.64 Å². The van der Waals surface area contributed by atoms with Gasteiger partial charge >= 0.3 is 11.7 Å². The van der Waals surface area contributed by atoms with E-state index in [1.807, 2.05) is 24.3 Å². The minimum atomic E-state index is -0.398. The van der Waals surface area contributed by atoms with Crippen molar-refractivity contribution in [1.82, 2.24) is 24.0 Å². The highest BCUT2D eigenvalue weighted by atomic mass is 16.5. The maximum Gasteiger partial charge on any atom is 0.338 e. The van der Waals surface area contributed by atoms with Crippen LogP contribution in [0, 0.1) is 0 Å². The van der Waals surface area contributed by atoms with Crippen molar-refractivity contribution in [3.8, 4) is 5.75 Å². The molecule has 1 aromatic carbocycles. The van der Waals surface area contributed by atoms with Gasteiger partial charge in [0.05, 0.1) is 13.3 Å². The average molecular weight is 353 g/mol. The maximum absolute atomic E-state index is 12.5. The Labute approximate surface area is 149 Å². The zero-order valence-electron chi connectivity index (χ0n) is 14.7. The third kappa shape index (κ3) is 2.63. The van der Waals surface area contributed by atoms with Crippen molar-refractivity contribution < 1.29 is 9.53 Å². The number of rotatable bonds is 3. The molecule has 0 saturated carbocycles. The first-order chi connectivity index (χ1) is 12.6. The average Bonchev–Trinajstić information content (AvgIpc) is 2.84. The first kappa shape index (κ1) is 16.3. The minimum absolute atomic E-state index is 0.309. The van der Waals surface area contributed by atoms with Crippen LogP contribution in [-0.2, 0) is 13.5 Å². The van der Waals surface area contributed by atoms with E-state index < -0.39 is 5.69 Å². The molecule has 1 fully saturated rings. The van der Waals surface area contributed by atoms with Gasteiger partial charge in [0.2, 0.25) is 0 Å². The van der Waals surface area contributed by atoms with Gasteiger partial charge in [0.25, 0.3) is 0 Å². The van der Waals surface area contributed by atoms with Crippen molar-refractivity contribution in [3.63, 3.8) is 0 Å². The number of carbonyl (C=O) groups is 1. The van der Waals surface area contributed by atoms with Crippen LogP contribution in [0.3, 0.4) is 0 Å². The molecule has 134 valence electrons. The van der Waals surface area contributed by atoms with Gasteiger partial charge in [-0.05, 0) is 24.1 Å². The van der Waals surface area contributed by atoms with Crippen LogP contribution < -0.4 is 10.4 Å². The molecule has 1 saturated heterocycles. The molecule has 0 aliphatic carbocycles. The first-order valence-corrected chi connectivity index (χ1v) is 8.44. The van der Waals surface area contributed by atoms with E-state index in [2.05, 4.69) is 9.97 Å². The van der Waals surface area contributed by atoms with Gasteiger partial charge in [0, 0.05) is 26.6 Å². The van der Waals surface area contributed by atoms with Crippen molar-refractivity contribution in [3.05, 3.63) is 52.3 Å². The van der Waals surface area contributed by atoms with Gasteiger partial charge in [-0.15, -0.1) is 0 Å². The summed E-state index contributed by atoms with van der Waals surface area (Å²) in [5.41, 5.74) is 1.50. The summed E-state index contributed by atoms with van der Waals surface area (Å²) < 4.78 is 7.78. The molecule has 4 rings (SSSR count). The van der Waals surface area contributed by atoms with Crippen molar-refractivity contribution in [2.45, 2.75) is 12.8 Å². The summed E-state index contributed by atoms with van der Waals surface area (Å²) in [6.45, 7) is 1.35. The number of aryl methyl sites for hydroxylation is 1. The molecular formula is C18H19N5O3. The summed E-state index contributed by atoms with van der Waals surface area (Å²) >= 11 is 0. The number of fused-ring (bicyclic) bond motifs is 1. The molecule has 8 nitrogen and oxygen atoms in total. The molecule has 1 amide bonds. The highest BCUT2D eigenvalue weighted by Crippen LogP contribution is 2.17. The lowest BCUT2D eigenvalue weighted by Gasteiger charge is -2.30. The fourth-order valence-electron chi connectivity index (χ4n) is 3.03. The van der Waals surface area contributed by atoms with Crippen molar-refractivity contribution in [1.29, 1.82) is 0 Å². The molecule has 3 aromatic rings.